The van der Waals surface area contributed by atoms with Crippen molar-refractivity contribution >= 4 is 34.3 Å². The molecule has 1 aromatic heterocycles. The quantitative estimate of drug-likeness (QED) is 0.443. The third-order valence-corrected chi connectivity index (χ3v) is 6.35. The van der Waals surface area contributed by atoms with Gasteiger partial charge in [0.05, 0.1) is 16.7 Å². The maximum absolute atomic E-state index is 12.9. The second-order valence-corrected chi connectivity index (χ2v) is 8.49. The van der Waals surface area contributed by atoms with Crippen molar-refractivity contribution in [3.8, 4) is 0 Å². The number of anilines is 1. The van der Waals surface area contributed by atoms with Crippen LogP contribution in [0.25, 0.3) is 10.9 Å². The Balaban J connectivity index is 1.54. The van der Waals surface area contributed by atoms with Crippen LogP contribution in [0.2, 0.25) is 0 Å². The van der Waals surface area contributed by atoms with Crippen molar-refractivity contribution in [2.45, 2.75) is 50.2 Å². The second kappa shape index (κ2) is 8.41. The number of carbonyl (C=O) groups is 1. The highest BCUT2D eigenvalue weighted by atomic mass is 32.2. The standard InChI is InChI=1S/C23H25N3O2S/c1-3-15(2)17-8-4-6-10-19(17)24-21(27)14-29-23-25-20-11-7-5-9-18(20)22(28)26(23)16-12-13-16/h4-11,15-16H,3,12-14H2,1-2H3,(H,24,27)/t15-/m0/s1. The third kappa shape index (κ3) is 4.22. The first-order chi connectivity index (χ1) is 14.1. The van der Waals surface area contributed by atoms with E-state index in [0.717, 1.165) is 30.5 Å². The van der Waals surface area contributed by atoms with Crippen molar-refractivity contribution in [2.24, 2.45) is 0 Å². The number of rotatable bonds is 7. The lowest BCUT2D eigenvalue weighted by atomic mass is 9.97. The first kappa shape index (κ1) is 19.7. The van der Waals surface area contributed by atoms with Crippen molar-refractivity contribution in [3.05, 3.63) is 64.4 Å². The van der Waals surface area contributed by atoms with E-state index in [9.17, 15) is 9.59 Å². The zero-order chi connectivity index (χ0) is 20.4. The average Bonchev–Trinajstić information content (AvgIpc) is 3.57. The van der Waals surface area contributed by atoms with Gasteiger partial charge in [-0.25, -0.2) is 4.98 Å². The van der Waals surface area contributed by atoms with Crippen LogP contribution in [0, 0.1) is 0 Å². The summed E-state index contributed by atoms with van der Waals surface area (Å²) in [5.74, 6) is 0.503. The van der Waals surface area contributed by atoms with Gasteiger partial charge < -0.3 is 5.32 Å². The van der Waals surface area contributed by atoms with Crippen LogP contribution in [0.1, 0.15) is 50.6 Å². The Morgan fingerprint density at radius 3 is 2.69 bits per heavy atom. The third-order valence-electron chi connectivity index (χ3n) is 5.40. The molecular formula is C23H25N3O2S. The first-order valence-electron chi connectivity index (χ1n) is 10.1. The first-order valence-corrected chi connectivity index (χ1v) is 11.1. The summed E-state index contributed by atoms with van der Waals surface area (Å²) >= 11 is 1.33. The van der Waals surface area contributed by atoms with Gasteiger partial charge in [-0.3, -0.25) is 14.2 Å². The summed E-state index contributed by atoms with van der Waals surface area (Å²) in [5.41, 5.74) is 2.67. The molecule has 1 fully saturated rings. The predicted molar refractivity (Wildman–Crippen MR) is 119 cm³/mol. The predicted octanol–water partition coefficient (Wildman–Crippen LogP) is 4.98. The lowest BCUT2D eigenvalue weighted by molar-refractivity contribution is -0.113. The van der Waals surface area contributed by atoms with Gasteiger partial charge in [0.1, 0.15) is 0 Å². The van der Waals surface area contributed by atoms with Crippen molar-refractivity contribution in [2.75, 3.05) is 11.1 Å². The van der Waals surface area contributed by atoms with Crippen LogP contribution in [0.15, 0.2) is 58.5 Å². The van der Waals surface area contributed by atoms with Crippen molar-refractivity contribution in [1.29, 1.82) is 0 Å². The Kier molecular flexibility index (Phi) is 5.72. The van der Waals surface area contributed by atoms with Gasteiger partial charge in [0.25, 0.3) is 5.56 Å². The molecule has 1 N–H and O–H groups in total. The number of benzene rings is 2. The van der Waals surface area contributed by atoms with Crippen LogP contribution < -0.4 is 10.9 Å². The van der Waals surface area contributed by atoms with Crippen LogP contribution in [-0.4, -0.2) is 21.2 Å². The molecule has 1 aliphatic carbocycles. The van der Waals surface area contributed by atoms with E-state index < -0.39 is 0 Å². The van der Waals surface area contributed by atoms with Gasteiger partial charge in [0.15, 0.2) is 5.16 Å². The number of fused-ring (bicyclic) bond motifs is 1. The molecule has 150 valence electrons. The normalized spacial score (nSPS) is 14.7. The fourth-order valence-electron chi connectivity index (χ4n) is 3.46. The van der Waals surface area contributed by atoms with Gasteiger partial charge >= 0.3 is 0 Å². The molecule has 1 heterocycles. The van der Waals surface area contributed by atoms with Crippen LogP contribution in [0.5, 0.6) is 0 Å². The van der Waals surface area contributed by atoms with E-state index in [-0.39, 0.29) is 23.3 Å². The molecule has 0 saturated heterocycles. The molecule has 0 radical (unpaired) electrons. The molecule has 1 atom stereocenters. The fourth-order valence-corrected chi connectivity index (χ4v) is 4.33. The smallest absolute Gasteiger partial charge is 0.262 e. The highest BCUT2D eigenvalue weighted by Crippen LogP contribution is 2.37. The number of amides is 1. The van der Waals surface area contributed by atoms with Gasteiger partial charge in [-0.15, -0.1) is 0 Å². The van der Waals surface area contributed by atoms with Crippen molar-refractivity contribution < 1.29 is 4.79 Å². The number of nitrogens with one attached hydrogen (secondary N) is 1. The molecule has 3 aromatic rings. The van der Waals surface area contributed by atoms with Crippen LogP contribution in [-0.2, 0) is 4.79 Å². The minimum absolute atomic E-state index is 0.0110. The number of thioether (sulfide) groups is 1. The largest absolute Gasteiger partial charge is 0.325 e. The summed E-state index contributed by atoms with van der Waals surface area (Å²) in [7, 11) is 0. The number of carbonyl (C=O) groups excluding carboxylic acids is 1. The second-order valence-electron chi connectivity index (χ2n) is 7.55. The van der Waals surface area contributed by atoms with Gasteiger partial charge in [-0.1, -0.05) is 55.9 Å². The van der Waals surface area contributed by atoms with E-state index in [4.69, 9.17) is 0 Å². The monoisotopic (exact) mass is 407 g/mol. The van der Waals surface area contributed by atoms with Crippen molar-refractivity contribution in [3.63, 3.8) is 0 Å². The summed E-state index contributed by atoms with van der Waals surface area (Å²) in [6.07, 6.45) is 2.99. The molecule has 0 aliphatic heterocycles. The van der Waals surface area contributed by atoms with Crippen LogP contribution in [0.4, 0.5) is 5.69 Å². The van der Waals surface area contributed by atoms with E-state index in [0.29, 0.717) is 22.0 Å². The molecule has 29 heavy (non-hydrogen) atoms. The molecule has 0 unspecified atom stereocenters. The van der Waals surface area contributed by atoms with Gasteiger partial charge in [-0.05, 0) is 48.9 Å². The molecular weight excluding hydrogens is 382 g/mol. The average molecular weight is 408 g/mol. The maximum Gasteiger partial charge on any atom is 0.262 e. The Bertz CT molecular complexity index is 1100. The lowest BCUT2D eigenvalue weighted by Crippen LogP contribution is -2.23. The SMILES string of the molecule is CC[C@H](C)c1ccccc1NC(=O)CSc1nc2ccccc2c(=O)n1C1CC1. The summed E-state index contributed by atoms with van der Waals surface area (Å²) < 4.78 is 1.77. The summed E-state index contributed by atoms with van der Waals surface area (Å²) in [5, 5.41) is 4.30. The van der Waals surface area contributed by atoms with Crippen LogP contribution >= 0.6 is 11.8 Å². The molecule has 4 rings (SSSR count). The van der Waals surface area contributed by atoms with E-state index in [1.165, 1.54) is 11.8 Å². The number of para-hydroxylation sites is 2. The van der Waals surface area contributed by atoms with E-state index >= 15 is 0 Å². The molecule has 5 nitrogen and oxygen atoms in total. The molecule has 1 aliphatic rings. The zero-order valence-electron chi connectivity index (χ0n) is 16.7. The summed E-state index contributed by atoms with van der Waals surface area (Å²) in [4.78, 5) is 30.3. The summed E-state index contributed by atoms with van der Waals surface area (Å²) in [6.45, 7) is 4.30. The van der Waals surface area contributed by atoms with E-state index in [1.807, 2.05) is 42.5 Å². The Morgan fingerprint density at radius 2 is 1.93 bits per heavy atom. The molecule has 6 heteroatoms. The lowest BCUT2D eigenvalue weighted by Gasteiger charge is -2.16. The zero-order valence-corrected chi connectivity index (χ0v) is 17.5. The van der Waals surface area contributed by atoms with Gasteiger partial charge in [-0.2, -0.15) is 0 Å². The van der Waals surface area contributed by atoms with Gasteiger partial charge in [0.2, 0.25) is 5.91 Å². The highest BCUT2D eigenvalue weighted by Gasteiger charge is 2.28. The Labute approximate surface area is 174 Å². The Hall–Kier alpha value is -2.60. The van der Waals surface area contributed by atoms with Crippen molar-refractivity contribution in [1.82, 2.24) is 9.55 Å². The number of aromatic nitrogens is 2. The molecule has 0 spiro atoms. The van der Waals surface area contributed by atoms with Crippen LogP contribution in [0.3, 0.4) is 0 Å². The molecule has 1 amide bonds. The Morgan fingerprint density at radius 1 is 1.21 bits per heavy atom. The molecule has 0 bridgehead atoms. The minimum Gasteiger partial charge on any atom is -0.325 e. The molecule has 2 aromatic carbocycles. The maximum atomic E-state index is 12.9. The van der Waals surface area contributed by atoms with Gasteiger partial charge in [0, 0.05) is 11.7 Å². The fraction of sp³-hybridized carbons (Fsp3) is 0.348. The van der Waals surface area contributed by atoms with E-state index in [1.54, 1.807) is 4.57 Å². The number of hydrogen-bond acceptors (Lipinski definition) is 4. The minimum atomic E-state index is -0.0875. The number of hydrogen-bond donors (Lipinski definition) is 1. The number of nitrogens with zero attached hydrogens (tertiary/aromatic N) is 2. The topological polar surface area (TPSA) is 64.0 Å². The molecule has 1 saturated carbocycles. The summed E-state index contributed by atoms with van der Waals surface area (Å²) in [6, 6.07) is 15.5. The van der Waals surface area contributed by atoms with E-state index in [2.05, 4.69) is 30.2 Å². The highest BCUT2D eigenvalue weighted by molar-refractivity contribution is 7.99.